The van der Waals surface area contributed by atoms with Gasteiger partial charge in [0.1, 0.15) is 10.7 Å². The van der Waals surface area contributed by atoms with Crippen molar-refractivity contribution >= 4 is 28.5 Å². The molecule has 136 valence electrons. The van der Waals surface area contributed by atoms with Gasteiger partial charge in [0.15, 0.2) is 0 Å². The Kier molecular flexibility index (Phi) is 4.64. The molecule has 1 fully saturated rings. The van der Waals surface area contributed by atoms with E-state index in [9.17, 15) is 9.18 Å². The number of aromatic nitrogens is 4. The van der Waals surface area contributed by atoms with Crippen molar-refractivity contribution < 1.29 is 9.18 Å². The molecule has 0 N–H and O–H groups in total. The number of rotatable bonds is 4. The Labute approximate surface area is 154 Å². The van der Waals surface area contributed by atoms with Gasteiger partial charge in [0.05, 0.1) is 23.1 Å². The summed E-state index contributed by atoms with van der Waals surface area (Å²) in [6.07, 6.45) is 1.75. The van der Waals surface area contributed by atoms with Crippen molar-refractivity contribution in [1.29, 1.82) is 0 Å². The topological polar surface area (TPSA) is 67.2 Å². The fourth-order valence-corrected chi connectivity index (χ4v) is 3.84. The molecule has 0 saturated carbocycles. The number of carbonyl (C=O) groups excluding carboxylic acids is 1. The first-order valence-corrected chi connectivity index (χ1v) is 9.30. The van der Waals surface area contributed by atoms with Gasteiger partial charge in [-0.2, -0.15) is 0 Å². The summed E-state index contributed by atoms with van der Waals surface area (Å²) in [5.41, 5.74) is 2.31. The van der Waals surface area contributed by atoms with Gasteiger partial charge >= 0.3 is 0 Å². The first-order chi connectivity index (χ1) is 12.6. The maximum Gasteiger partial charge on any atom is 0.267 e. The van der Waals surface area contributed by atoms with Crippen LogP contribution in [0.2, 0.25) is 0 Å². The predicted octanol–water partition coefficient (Wildman–Crippen LogP) is 1.79. The van der Waals surface area contributed by atoms with Crippen LogP contribution in [-0.4, -0.2) is 67.6 Å². The van der Waals surface area contributed by atoms with Crippen LogP contribution in [0.3, 0.4) is 0 Å². The molecule has 0 unspecified atom stereocenters. The van der Waals surface area contributed by atoms with Crippen LogP contribution in [0, 0.1) is 12.7 Å². The predicted molar refractivity (Wildman–Crippen MR) is 96.7 cm³/mol. The molecule has 4 rings (SSSR count). The lowest BCUT2D eigenvalue weighted by atomic mass is 10.2. The van der Waals surface area contributed by atoms with E-state index in [1.807, 2.05) is 16.4 Å². The number of aryl methyl sites for hydroxylation is 1. The van der Waals surface area contributed by atoms with Gasteiger partial charge in [0.25, 0.3) is 5.91 Å². The molecule has 1 saturated heterocycles. The van der Waals surface area contributed by atoms with E-state index >= 15 is 0 Å². The normalized spacial score (nSPS) is 15.7. The Morgan fingerprint density at radius 3 is 2.77 bits per heavy atom. The molecule has 7 nitrogen and oxygen atoms in total. The molecule has 1 aliphatic heterocycles. The lowest BCUT2D eigenvalue weighted by Crippen LogP contribution is -2.49. The molecule has 0 atom stereocenters. The Balaban J connectivity index is 1.32. The first kappa shape index (κ1) is 17.0. The third kappa shape index (κ3) is 3.32. The molecule has 9 heteroatoms. The van der Waals surface area contributed by atoms with Gasteiger partial charge in [-0.1, -0.05) is 4.49 Å². The summed E-state index contributed by atoms with van der Waals surface area (Å²) in [7, 11) is 0. The third-order valence-electron chi connectivity index (χ3n) is 4.75. The number of imidazole rings is 1. The zero-order chi connectivity index (χ0) is 18.1. The Morgan fingerprint density at radius 2 is 2.04 bits per heavy atom. The number of hydrogen-bond acceptors (Lipinski definition) is 6. The number of fused-ring (bicyclic) bond motifs is 1. The zero-order valence-corrected chi connectivity index (χ0v) is 15.2. The molecule has 3 heterocycles. The number of nitrogens with zero attached hydrogens (tertiary/aromatic N) is 6. The molecular weight excluding hydrogens is 355 g/mol. The highest BCUT2D eigenvalue weighted by Crippen LogP contribution is 2.16. The lowest BCUT2D eigenvalue weighted by molar-refractivity contribution is 0.0637. The molecule has 1 aliphatic rings. The van der Waals surface area contributed by atoms with E-state index in [0.717, 1.165) is 43.2 Å². The standard InChI is InChI=1S/C17H19FN6OS/c1-12-16(26-21-20-12)17(25)23-7-4-22(5-8-23)6-9-24-11-19-14-10-13(18)2-3-15(14)24/h2-3,10-11H,4-9H2,1H3. The van der Waals surface area contributed by atoms with Crippen molar-refractivity contribution in [2.75, 3.05) is 32.7 Å². The third-order valence-corrected chi connectivity index (χ3v) is 5.56. The molecule has 1 aromatic carbocycles. The zero-order valence-electron chi connectivity index (χ0n) is 14.4. The summed E-state index contributed by atoms with van der Waals surface area (Å²) in [5.74, 6) is -0.241. The van der Waals surface area contributed by atoms with Crippen LogP contribution in [0.1, 0.15) is 15.4 Å². The van der Waals surface area contributed by atoms with E-state index in [4.69, 9.17) is 0 Å². The number of piperazine rings is 1. The average molecular weight is 374 g/mol. The summed E-state index contributed by atoms with van der Waals surface area (Å²) in [6, 6.07) is 4.67. The minimum Gasteiger partial charge on any atom is -0.335 e. The van der Waals surface area contributed by atoms with E-state index in [0.29, 0.717) is 29.2 Å². The highest BCUT2D eigenvalue weighted by atomic mass is 32.1. The minimum absolute atomic E-state index is 0.0276. The summed E-state index contributed by atoms with van der Waals surface area (Å²) < 4.78 is 19.1. The Morgan fingerprint density at radius 1 is 1.23 bits per heavy atom. The number of amides is 1. The van der Waals surface area contributed by atoms with Crippen molar-refractivity contribution in [3.8, 4) is 0 Å². The van der Waals surface area contributed by atoms with Crippen molar-refractivity contribution in [1.82, 2.24) is 28.9 Å². The summed E-state index contributed by atoms with van der Waals surface area (Å²) in [6.45, 7) is 6.53. The molecule has 0 radical (unpaired) electrons. The molecule has 1 amide bonds. The number of halogens is 1. The maximum absolute atomic E-state index is 13.3. The monoisotopic (exact) mass is 374 g/mol. The Hall–Kier alpha value is -2.39. The van der Waals surface area contributed by atoms with Crippen LogP contribution >= 0.6 is 11.5 Å². The van der Waals surface area contributed by atoms with E-state index < -0.39 is 0 Å². The summed E-state index contributed by atoms with van der Waals surface area (Å²) in [5, 5.41) is 3.91. The van der Waals surface area contributed by atoms with E-state index in [2.05, 4.69) is 19.5 Å². The van der Waals surface area contributed by atoms with Gasteiger partial charge in [-0.15, -0.1) is 5.10 Å². The summed E-state index contributed by atoms with van der Waals surface area (Å²) >= 11 is 1.16. The fraction of sp³-hybridized carbons (Fsp3) is 0.412. The molecule has 3 aromatic rings. The van der Waals surface area contributed by atoms with Crippen LogP contribution in [0.5, 0.6) is 0 Å². The van der Waals surface area contributed by atoms with Gasteiger partial charge in [-0.05, 0) is 30.6 Å². The molecule has 2 aromatic heterocycles. The van der Waals surface area contributed by atoms with Crippen LogP contribution in [0.15, 0.2) is 24.5 Å². The van der Waals surface area contributed by atoms with Gasteiger partial charge in [-0.25, -0.2) is 9.37 Å². The van der Waals surface area contributed by atoms with Crippen molar-refractivity contribution in [2.45, 2.75) is 13.5 Å². The van der Waals surface area contributed by atoms with Crippen LogP contribution in [0.25, 0.3) is 11.0 Å². The van der Waals surface area contributed by atoms with Gasteiger partial charge in [0, 0.05) is 45.3 Å². The van der Waals surface area contributed by atoms with Crippen LogP contribution in [-0.2, 0) is 6.54 Å². The summed E-state index contributed by atoms with van der Waals surface area (Å²) in [4.78, 5) is 21.6. The SMILES string of the molecule is Cc1nnsc1C(=O)N1CCN(CCn2cnc3cc(F)ccc32)CC1. The molecule has 26 heavy (non-hydrogen) atoms. The average Bonchev–Trinajstić information content (AvgIpc) is 3.25. The second kappa shape index (κ2) is 7.08. The van der Waals surface area contributed by atoms with Gasteiger partial charge in [0.2, 0.25) is 0 Å². The molecule has 0 aliphatic carbocycles. The fourth-order valence-electron chi connectivity index (χ4n) is 3.21. The highest BCUT2D eigenvalue weighted by molar-refractivity contribution is 7.07. The number of carbonyl (C=O) groups is 1. The second-order valence-electron chi connectivity index (χ2n) is 6.39. The van der Waals surface area contributed by atoms with Crippen LogP contribution in [0.4, 0.5) is 4.39 Å². The van der Waals surface area contributed by atoms with Crippen molar-refractivity contribution in [3.05, 3.63) is 40.9 Å². The van der Waals surface area contributed by atoms with Crippen molar-refractivity contribution in [2.24, 2.45) is 0 Å². The van der Waals surface area contributed by atoms with Gasteiger partial charge in [-0.3, -0.25) is 9.69 Å². The highest BCUT2D eigenvalue weighted by Gasteiger charge is 2.24. The lowest BCUT2D eigenvalue weighted by Gasteiger charge is -2.34. The molecular formula is C17H19FN6OS. The minimum atomic E-state index is -0.269. The largest absolute Gasteiger partial charge is 0.335 e. The number of benzene rings is 1. The van der Waals surface area contributed by atoms with E-state index in [1.165, 1.54) is 12.1 Å². The number of hydrogen-bond donors (Lipinski definition) is 0. The molecule has 0 bridgehead atoms. The van der Waals surface area contributed by atoms with E-state index in [1.54, 1.807) is 12.4 Å². The van der Waals surface area contributed by atoms with Crippen molar-refractivity contribution in [3.63, 3.8) is 0 Å². The maximum atomic E-state index is 13.3. The molecule has 0 spiro atoms. The van der Waals surface area contributed by atoms with Gasteiger partial charge < -0.3 is 9.47 Å². The Bertz CT molecular complexity index is 930. The first-order valence-electron chi connectivity index (χ1n) is 8.53. The smallest absolute Gasteiger partial charge is 0.267 e. The van der Waals surface area contributed by atoms with E-state index in [-0.39, 0.29) is 11.7 Å². The van der Waals surface area contributed by atoms with Crippen LogP contribution < -0.4 is 0 Å². The second-order valence-corrected chi connectivity index (χ2v) is 7.15. The quantitative estimate of drug-likeness (QED) is 0.697.